The zero-order chi connectivity index (χ0) is 34.1. The molecule has 0 radical (unpaired) electrons. The number of rotatable bonds is 9. The third-order valence-corrected chi connectivity index (χ3v) is 10.2. The number of carbonyl (C=O) groups excluding carboxylic acids is 2. The van der Waals surface area contributed by atoms with Crippen molar-refractivity contribution in [3.05, 3.63) is 76.2 Å². The highest BCUT2D eigenvalue weighted by atomic mass is 35.5. The van der Waals surface area contributed by atoms with E-state index in [-0.39, 0.29) is 30.0 Å². The van der Waals surface area contributed by atoms with Crippen molar-refractivity contribution in [2.24, 2.45) is 5.92 Å². The topological polar surface area (TPSA) is 78.5 Å². The van der Waals surface area contributed by atoms with Crippen LogP contribution in [0.5, 0.6) is 11.5 Å². The van der Waals surface area contributed by atoms with Gasteiger partial charge >= 0.3 is 0 Å². The van der Waals surface area contributed by atoms with Crippen molar-refractivity contribution in [3.63, 3.8) is 0 Å². The highest BCUT2D eigenvalue weighted by Crippen LogP contribution is 2.44. The van der Waals surface area contributed by atoms with Crippen molar-refractivity contribution in [1.29, 1.82) is 0 Å². The predicted octanol–water partition coefficient (Wildman–Crippen LogP) is 6.12. The Bertz CT molecular complexity index is 1650. The Morgan fingerprint density at radius 3 is 2.38 bits per heavy atom. The third kappa shape index (κ3) is 7.10. The number of hydrogen-bond donors (Lipinski definition) is 0. The van der Waals surface area contributed by atoms with E-state index in [1.165, 1.54) is 4.90 Å². The molecule has 1 atom stereocenters. The van der Waals surface area contributed by atoms with Gasteiger partial charge in [0.05, 0.1) is 32.2 Å². The summed E-state index contributed by atoms with van der Waals surface area (Å²) in [5, 5.41) is 0.564. The number of halogens is 2. The van der Waals surface area contributed by atoms with Crippen LogP contribution in [0.1, 0.15) is 62.3 Å². The molecule has 256 valence electrons. The molecule has 0 unspecified atom stereocenters. The number of likely N-dealkylation sites (N-methyl/N-ethyl adjacent to an activating group) is 1. The summed E-state index contributed by atoms with van der Waals surface area (Å²) in [6.07, 6.45) is 4.18. The summed E-state index contributed by atoms with van der Waals surface area (Å²) in [5.74, 6) is 1.32. The van der Waals surface area contributed by atoms with Crippen molar-refractivity contribution in [2.45, 2.75) is 64.1 Å². The van der Waals surface area contributed by atoms with Crippen LogP contribution in [0.15, 0.2) is 48.5 Å². The Morgan fingerprint density at radius 1 is 1.00 bits per heavy atom. The van der Waals surface area contributed by atoms with Gasteiger partial charge in [-0.2, -0.15) is 4.39 Å². The summed E-state index contributed by atoms with van der Waals surface area (Å²) in [4.78, 5) is 38.1. The second-order valence-corrected chi connectivity index (χ2v) is 14.0. The average molecular weight is 678 g/mol. The number of piperazine rings is 1. The molecule has 2 amide bonds. The van der Waals surface area contributed by atoms with Gasteiger partial charge in [-0.25, -0.2) is 4.98 Å². The summed E-state index contributed by atoms with van der Waals surface area (Å²) < 4.78 is 27.8. The predicted molar refractivity (Wildman–Crippen MR) is 186 cm³/mol. The number of aromatic nitrogens is 1. The molecule has 3 aliphatic rings. The minimum absolute atomic E-state index is 0.0732. The van der Waals surface area contributed by atoms with Crippen molar-refractivity contribution in [3.8, 4) is 11.5 Å². The van der Waals surface area contributed by atoms with Crippen LogP contribution in [0.25, 0.3) is 0 Å². The summed E-state index contributed by atoms with van der Waals surface area (Å²) in [6, 6.07) is 14.3. The van der Waals surface area contributed by atoms with Gasteiger partial charge in [0.25, 0.3) is 0 Å². The first-order chi connectivity index (χ1) is 23.0. The Morgan fingerprint density at radius 2 is 1.73 bits per heavy atom. The molecule has 6 rings (SSSR count). The first-order valence-electron chi connectivity index (χ1n) is 16.8. The van der Waals surface area contributed by atoms with Crippen LogP contribution in [0.2, 0.25) is 5.02 Å². The van der Waals surface area contributed by atoms with Gasteiger partial charge < -0.3 is 19.3 Å². The smallest absolute Gasteiger partial charge is 0.238 e. The van der Waals surface area contributed by atoms with Gasteiger partial charge in [0.2, 0.25) is 17.8 Å². The molecule has 0 bridgehead atoms. The molecule has 1 aromatic heterocycles. The lowest BCUT2D eigenvalue weighted by Gasteiger charge is -2.41. The number of hydrogen-bond acceptors (Lipinski definition) is 7. The lowest BCUT2D eigenvalue weighted by atomic mass is 9.84. The van der Waals surface area contributed by atoms with Gasteiger partial charge in [-0.15, -0.1) is 0 Å². The van der Waals surface area contributed by atoms with Gasteiger partial charge in [0.15, 0.2) is 11.5 Å². The molecule has 9 nitrogen and oxygen atoms in total. The number of methoxy groups -OCH3 is 1. The molecule has 48 heavy (non-hydrogen) atoms. The van der Waals surface area contributed by atoms with E-state index in [1.54, 1.807) is 31.4 Å². The fourth-order valence-electron chi connectivity index (χ4n) is 7.38. The Kier molecular flexibility index (Phi) is 10.1. The number of amides is 2. The fraction of sp³-hybridized carbons (Fsp3) is 0.486. The van der Waals surface area contributed by atoms with E-state index in [0.29, 0.717) is 40.8 Å². The Labute approximate surface area is 287 Å². The summed E-state index contributed by atoms with van der Waals surface area (Å²) in [5.41, 5.74) is 2.52. The average Bonchev–Trinajstić information content (AvgIpc) is 3.06. The third-order valence-electron chi connectivity index (χ3n) is 9.95. The van der Waals surface area contributed by atoms with E-state index >= 15 is 4.39 Å². The summed E-state index contributed by atoms with van der Waals surface area (Å²) >= 11 is 6.24. The van der Waals surface area contributed by atoms with Crippen LogP contribution in [0.3, 0.4) is 0 Å². The molecule has 0 spiro atoms. The SMILES string of the molecule is COc1cc2c(cc1OC(C)C)[C@H](c1ccc(Cl)cc1)N(c1ccc(N(C)CC3CCC(N4CCN(C)C(=O)C4)CC3)nc1F)C(=O)C2. The number of anilines is 2. The standard InChI is InChI=1S/C37H45ClFN5O4/c1-23(2)48-32-20-29-26(18-31(32)47-5)19-34(45)44(36(29)25-8-10-27(38)11-9-25)30-14-15-33(40-37(30)39)42(4)21-24-6-12-28(13-7-24)43-17-16-41(3)35(46)22-43/h8-11,14-15,18,20,23-24,28,36H,6-7,12-13,16-17,19,21-22H2,1-5H3/t24?,28?,36-/m0/s1. The number of nitrogens with zero attached hydrogens (tertiary/aromatic N) is 5. The normalized spacial score (nSPS) is 21.8. The molecule has 1 saturated heterocycles. The van der Waals surface area contributed by atoms with Crippen LogP contribution in [0, 0.1) is 11.9 Å². The van der Waals surface area contributed by atoms with E-state index in [9.17, 15) is 9.59 Å². The summed E-state index contributed by atoms with van der Waals surface area (Å²) in [7, 11) is 5.38. The lowest BCUT2D eigenvalue weighted by Crippen LogP contribution is -2.53. The van der Waals surface area contributed by atoms with Crippen molar-refractivity contribution in [2.75, 3.05) is 57.2 Å². The van der Waals surface area contributed by atoms with Crippen LogP contribution >= 0.6 is 11.6 Å². The van der Waals surface area contributed by atoms with Crippen LogP contribution in [-0.4, -0.2) is 86.1 Å². The van der Waals surface area contributed by atoms with Gasteiger partial charge in [0.1, 0.15) is 11.5 Å². The van der Waals surface area contributed by atoms with E-state index in [0.717, 1.165) is 62.0 Å². The first-order valence-corrected chi connectivity index (χ1v) is 17.2. The highest BCUT2D eigenvalue weighted by Gasteiger charge is 2.38. The van der Waals surface area contributed by atoms with E-state index in [1.807, 2.05) is 62.0 Å². The quantitative estimate of drug-likeness (QED) is 0.253. The maximum Gasteiger partial charge on any atom is 0.238 e. The molecule has 3 heterocycles. The van der Waals surface area contributed by atoms with E-state index in [4.69, 9.17) is 21.1 Å². The highest BCUT2D eigenvalue weighted by molar-refractivity contribution is 6.30. The second-order valence-electron chi connectivity index (χ2n) is 13.6. The number of carbonyl (C=O) groups is 2. The van der Waals surface area contributed by atoms with Crippen LogP contribution in [-0.2, 0) is 16.0 Å². The maximum atomic E-state index is 16.1. The summed E-state index contributed by atoms with van der Waals surface area (Å²) in [6.45, 7) is 6.85. The lowest BCUT2D eigenvalue weighted by molar-refractivity contribution is -0.135. The molecule has 2 fully saturated rings. The molecule has 2 aromatic carbocycles. The second kappa shape index (κ2) is 14.3. The maximum absolute atomic E-state index is 16.1. The monoisotopic (exact) mass is 677 g/mol. The molecule has 0 N–H and O–H groups in total. The van der Waals surface area contributed by atoms with Crippen molar-refractivity contribution in [1.82, 2.24) is 14.8 Å². The van der Waals surface area contributed by atoms with Crippen LogP contribution in [0.4, 0.5) is 15.9 Å². The molecule has 2 aliphatic heterocycles. The molecule has 1 saturated carbocycles. The Hall–Kier alpha value is -3.89. The van der Waals surface area contributed by atoms with Crippen LogP contribution < -0.4 is 19.3 Å². The zero-order valence-electron chi connectivity index (χ0n) is 28.4. The number of benzene rings is 2. The van der Waals surface area contributed by atoms with E-state index < -0.39 is 12.0 Å². The molecular weight excluding hydrogens is 633 g/mol. The minimum Gasteiger partial charge on any atom is -0.493 e. The van der Waals surface area contributed by atoms with E-state index in [2.05, 4.69) is 9.88 Å². The number of pyridine rings is 1. The Balaban J connectivity index is 1.22. The largest absolute Gasteiger partial charge is 0.493 e. The molecule has 3 aromatic rings. The molecular formula is C37H45ClFN5O4. The first kappa shape index (κ1) is 34.0. The zero-order valence-corrected chi connectivity index (χ0v) is 29.2. The van der Waals surface area contributed by atoms with Gasteiger partial charge in [-0.3, -0.25) is 19.4 Å². The van der Waals surface area contributed by atoms with Crippen molar-refractivity contribution >= 4 is 34.9 Å². The minimum atomic E-state index is -0.703. The molecule has 11 heteroatoms. The fourth-order valence-corrected chi connectivity index (χ4v) is 7.51. The number of ether oxygens (including phenoxy) is 2. The van der Waals surface area contributed by atoms with Gasteiger partial charge in [0, 0.05) is 44.8 Å². The van der Waals surface area contributed by atoms with Gasteiger partial charge in [-0.1, -0.05) is 23.7 Å². The molecule has 1 aliphatic carbocycles. The number of fused-ring (bicyclic) bond motifs is 1. The van der Waals surface area contributed by atoms with Crippen molar-refractivity contribution < 1.29 is 23.5 Å². The van der Waals surface area contributed by atoms with Gasteiger partial charge in [-0.05, 0) is 98.5 Å².